The number of alkyl halides is 3. The fourth-order valence-electron chi connectivity index (χ4n) is 2.33. The van der Waals surface area contributed by atoms with Crippen LogP contribution in [0.15, 0.2) is 42.5 Å². The van der Waals surface area contributed by atoms with E-state index in [0.717, 1.165) is 28.8 Å². The maximum atomic E-state index is 12.6. The summed E-state index contributed by atoms with van der Waals surface area (Å²) in [6.45, 7) is 2.59. The molecule has 0 bridgehead atoms. The van der Waals surface area contributed by atoms with Gasteiger partial charge in [-0.1, -0.05) is 18.3 Å². The number of thiazole rings is 1. The minimum atomic E-state index is -4.36. The molecule has 0 aliphatic rings. The number of nitrogens with one attached hydrogen (secondary N) is 2. The molecular weight excluding hydrogens is 363 g/mol. The van der Waals surface area contributed by atoms with Crippen LogP contribution in [0.2, 0.25) is 0 Å². The van der Waals surface area contributed by atoms with Crippen LogP contribution >= 0.6 is 11.3 Å². The number of hydrogen-bond donors (Lipinski definition) is 2. The van der Waals surface area contributed by atoms with E-state index in [1.165, 1.54) is 23.5 Å². The average Bonchev–Trinajstić information content (AvgIpc) is 3.00. The van der Waals surface area contributed by atoms with E-state index in [1.807, 2.05) is 6.92 Å². The standard InChI is InChI=1S/C18H16F3N3OS/c1-2-9-22-16(25)11-3-8-14-15(10-11)26-17(24-14)23-13-6-4-12(5-7-13)18(19,20)21/h3-8,10H,2,9H2,1H3,(H,22,25)(H,23,24). The van der Waals surface area contributed by atoms with Crippen LogP contribution in [0, 0.1) is 0 Å². The Bertz CT molecular complexity index is 920. The summed E-state index contributed by atoms with van der Waals surface area (Å²) in [5.41, 5.74) is 1.08. The van der Waals surface area contributed by atoms with Crippen molar-refractivity contribution in [1.82, 2.24) is 10.3 Å². The van der Waals surface area contributed by atoms with Gasteiger partial charge in [0.1, 0.15) is 0 Å². The molecular formula is C18H16F3N3OS. The Kier molecular flexibility index (Phi) is 5.13. The van der Waals surface area contributed by atoms with Gasteiger partial charge in [-0.2, -0.15) is 13.2 Å². The zero-order valence-electron chi connectivity index (χ0n) is 13.9. The highest BCUT2D eigenvalue weighted by atomic mass is 32.1. The van der Waals surface area contributed by atoms with Crippen LogP contribution in [0.25, 0.3) is 10.2 Å². The lowest BCUT2D eigenvalue weighted by Gasteiger charge is -2.07. The van der Waals surface area contributed by atoms with Crippen molar-refractivity contribution < 1.29 is 18.0 Å². The monoisotopic (exact) mass is 379 g/mol. The fraction of sp³-hybridized carbons (Fsp3) is 0.222. The largest absolute Gasteiger partial charge is 0.416 e. The second-order valence-corrected chi connectivity index (χ2v) is 6.69. The molecule has 8 heteroatoms. The molecule has 0 atom stereocenters. The number of amides is 1. The van der Waals surface area contributed by atoms with Gasteiger partial charge in [-0.25, -0.2) is 4.98 Å². The number of halogens is 3. The van der Waals surface area contributed by atoms with Gasteiger partial charge in [0.25, 0.3) is 5.91 Å². The molecule has 0 radical (unpaired) electrons. The second kappa shape index (κ2) is 7.33. The minimum Gasteiger partial charge on any atom is -0.352 e. The Labute approximate surface area is 152 Å². The molecule has 3 aromatic rings. The van der Waals surface area contributed by atoms with Gasteiger partial charge in [-0.3, -0.25) is 4.79 Å². The predicted octanol–water partition coefficient (Wildman–Crippen LogP) is 5.20. The van der Waals surface area contributed by atoms with Gasteiger partial charge in [0.15, 0.2) is 5.13 Å². The lowest BCUT2D eigenvalue weighted by Crippen LogP contribution is -2.23. The summed E-state index contributed by atoms with van der Waals surface area (Å²) in [5, 5.41) is 6.36. The summed E-state index contributed by atoms with van der Waals surface area (Å²) < 4.78 is 38.6. The third-order valence-electron chi connectivity index (χ3n) is 3.65. The van der Waals surface area contributed by atoms with E-state index in [0.29, 0.717) is 22.9 Å². The Balaban J connectivity index is 1.77. The smallest absolute Gasteiger partial charge is 0.352 e. The average molecular weight is 379 g/mol. The van der Waals surface area contributed by atoms with Gasteiger partial charge in [0.05, 0.1) is 15.8 Å². The van der Waals surface area contributed by atoms with E-state index in [4.69, 9.17) is 0 Å². The SMILES string of the molecule is CCCNC(=O)c1ccc2nc(Nc3ccc(C(F)(F)F)cc3)sc2c1. The van der Waals surface area contributed by atoms with E-state index >= 15 is 0 Å². The molecule has 1 aromatic heterocycles. The van der Waals surface area contributed by atoms with Crippen molar-refractivity contribution in [1.29, 1.82) is 0 Å². The summed E-state index contributed by atoms with van der Waals surface area (Å²) in [7, 11) is 0. The zero-order chi connectivity index (χ0) is 18.7. The Morgan fingerprint density at radius 2 is 1.88 bits per heavy atom. The minimum absolute atomic E-state index is 0.139. The molecule has 0 spiro atoms. The van der Waals surface area contributed by atoms with Crippen LogP contribution in [0.3, 0.4) is 0 Å². The van der Waals surface area contributed by atoms with Gasteiger partial charge < -0.3 is 10.6 Å². The Morgan fingerprint density at radius 3 is 2.54 bits per heavy atom. The van der Waals surface area contributed by atoms with Crippen LogP contribution in [0.1, 0.15) is 29.3 Å². The molecule has 0 aliphatic heterocycles. The predicted molar refractivity (Wildman–Crippen MR) is 97.0 cm³/mol. The van der Waals surface area contributed by atoms with E-state index in [1.54, 1.807) is 18.2 Å². The Hall–Kier alpha value is -2.61. The molecule has 26 heavy (non-hydrogen) atoms. The van der Waals surface area contributed by atoms with Crippen LogP contribution in [0.4, 0.5) is 24.0 Å². The maximum absolute atomic E-state index is 12.6. The number of rotatable bonds is 5. The summed E-state index contributed by atoms with van der Waals surface area (Å²) >= 11 is 1.33. The zero-order valence-corrected chi connectivity index (χ0v) is 14.7. The first kappa shape index (κ1) is 18.2. The molecule has 136 valence electrons. The quantitative estimate of drug-likeness (QED) is 0.641. The highest BCUT2D eigenvalue weighted by molar-refractivity contribution is 7.22. The first-order valence-corrected chi connectivity index (χ1v) is 8.81. The normalized spacial score (nSPS) is 11.5. The van der Waals surface area contributed by atoms with E-state index < -0.39 is 11.7 Å². The van der Waals surface area contributed by atoms with Crippen molar-refractivity contribution in [3.63, 3.8) is 0 Å². The first-order chi connectivity index (χ1) is 12.4. The van der Waals surface area contributed by atoms with Crippen molar-refractivity contribution in [3.8, 4) is 0 Å². The highest BCUT2D eigenvalue weighted by Crippen LogP contribution is 2.32. The van der Waals surface area contributed by atoms with Crippen molar-refractivity contribution in [2.24, 2.45) is 0 Å². The van der Waals surface area contributed by atoms with E-state index in [9.17, 15) is 18.0 Å². The number of carbonyl (C=O) groups is 1. The molecule has 3 rings (SSSR count). The van der Waals surface area contributed by atoms with Crippen molar-refractivity contribution in [2.75, 3.05) is 11.9 Å². The van der Waals surface area contributed by atoms with Crippen LogP contribution in [0.5, 0.6) is 0 Å². The maximum Gasteiger partial charge on any atom is 0.416 e. The van der Waals surface area contributed by atoms with E-state index in [-0.39, 0.29) is 5.91 Å². The lowest BCUT2D eigenvalue weighted by atomic mass is 10.2. The van der Waals surface area contributed by atoms with Gasteiger partial charge >= 0.3 is 6.18 Å². The number of nitrogens with zero attached hydrogens (tertiary/aromatic N) is 1. The van der Waals surface area contributed by atoms with Gasteiger partial charge in [0, 0.05) is 17.8 Å². The number of carbonyl (C=O) groups excluding carboxylic acids is 1. The summed E-state index contributed by atoms with van der Waals surface area (Å²) in [6, 6.07) is 9.98. The molecule has 4 nitrogen and oxygen atoms in total. The molecule has 0 saturated carbocycles. The summed E-state index contributed by atoms with van der Waals surface area (Å²) in [5.74, 6) is -0.139. The van der Waals surface area contributed by atoms with E-state index in [2.05, 4.69) is 15.6 Å². The lowest BCUT2D eigenvalue weighted by molar-refractivity contribution is -0.137. The van der Waals surface area contributed by atoms with Gasteiger partial charge in [0.2, 0.25) is 0 Å². The van der Waals surface area contributed by atoms with Crippen molar-refractivity contribution in [2.45, 2.75) is 19.5 Å². The molecule has 2 N–H and O–H groups in total. The van der Waals surface area contributed by atoms with Crippen LogP contribution in [-0.2, 0) is 6.18 Å². The molecule has 0 aliphatic carbocycles. The molecule has 1 heterocycles. The fourth-order valence-corrected chi connectivity index (χ4v) is 3.25. The van der Waals surface area contributed by atoms with Crippen LogP contribution in [-0.4, -0.2) is 17.4 Å². The third kappa shape index (κ3) is 4.13. The number of anilines is 2. The third-order valence-corrected chi connectivity index (χ3v) is 4.58. The summed E-state index contributed by atoms with van der Waals surface area (Å²) in [4.78, 5) is 16.4. The number of benzene rings is 2. The molecule has 2 aromatic carbocycles. The second-order valence-electron chi connectivity index (χ2n) is 5.66. The van der Waals surface area contributed by atoms with Gasteiger partial charge in [-0.15, -0.1) is 0 Å². The number of aromatic nitrogens is 1. The van der Waals surface area contributed by atoms with Crippen molar-refractivity contribution >= 4 is 38.3 Å². The molecule has 0 fully saturated rings. The topological polar surface area (TPSA) is 54.0 Å². The molecule has 1 amide bonds. The number of hydrogen-bond acceptors (Lipinski definition) is 4. The van der Waals surface area contributed by atoms with Gasteiger partial charge in [-0.05, 0) is 48.9 Å². The van der Waals surface area contributed by atoms with Crippen molar-refractivity contribution in [3.05, 3.63) is 53.6 Å². The Morgan fingerprint density at radius 1 is 1.15 bits per heavy atom. The molecule has 0 saturated heterocycles. The summed E-state index contributed by atoms with van der Waals surface area (Å²) in [6.07, 6.45) is -3.50. The first-order valence-electron chi connectivity index (χ1n) is 8.00. The van der Waals surface area contributed by atoms with Crippen LogP contribution < -0.4 is 10.6 Å². The highest BCUT2D eigenvalue weighted by Gasteiger charge is 2.29. The molecule has 0 unspecified atom stereocenters. The number of fused-ring (bicyclic) bond motifs is 1.